The van der Waals surface area contributed by atoms with Crippen LogP contribution in [0.15, 0.2) is 60.7 Å². The Morgan fingerprint density at radius 2 is 1.89 bits per heavy atom. The number of hydrogen-bond donors (Lipinski definition) is 3. The maximum Gasteiger partial charge on any atom is 0.406 e. The van der Waals surface area contributed by atoms with E-state index in [1.807, 2.05) is 54.4 Å². The van der Waals surface area contributed by atoms with E-state index < -0.39 is 11.7 Å². The molecule has 0 aromatic heterocycles. The van der Waals surface area contributed by atoms with Gasteiger partial charge in [-0.3, -0.25) is 4.79 Å². The normalized spacial score (nSPS) is 16.3. The first kappa shape index (κ1) is 35.5. The van der Waals surface area contributed by atoms with Crippen molar-refractivity contribution in [2.24, 2.45) is 11.8 Å². The van der Waals surface area contributed by atoms with Gasteiger partial charge in [0, 0.05) is 48.2 Å². The Kier molecular flexibility index (Phi) is 12.7. The van der Waals surface area contributed by atoms with Crippen molar-refractivity contribution in [3.8, 4) is 11.1 Å². The van der Waals surface area contributed by atoms with E-state index in [0.29, 0.717) is 43.4 Å². The molecule has 1 aliphatic heterocycles. The molecule has 3 N–H and O–H groups in total. The number of nitrogens with zero attached hydrogens (tertiary/aromatic N) is 1. The van der Waals surface area contributed by atoms with Gasteiger partial charge >= 0.3 is 6.09 Å². The van der Waals surface area contributed by atoms with Crippen molar-refractivity contribution < 1.29 is 19.4 Å². The number of aryl methyl sites for hydroxylation is 1. The van der Waals surface area contributed by atoms with Crippen LogP contribution in [0.4, 0.5) is 4.79 Å². The number of amides is 2. The summed E-state index contributed by atoms with van der Waals surface area (Å²) in [4.78, 5) is 27.9. The number of rotatable bonds is 13. The van der Waals surface area contributed by atoms with Gasteiger partial charge < -0.3 is 25.4 Å². The highest BCUT2D eigenvalue weighted by Crippen LogP contribution is 2.46. The Hall–Kier alpha value is -3.39. The number of ether oxygens (including phenoxy) is 1. The Labute approximate surface area is 279 Å². The van der Waals surface area contributed by atoms with Gasteiger partial charge in [0.15, 0.2) is 0 Å². The SMILES string of the molecule is CCc1cccc(-c2c(Cl)cccc2C(O)(CCCNC(=O)OC)[C@@H]2CCCN(C(=O)c3ccc(CNC)cc3CC(C)C)C2)c1. The van der Waals surface area contributed by atoms with Crippen LogP contribution >= 0.6 is 11.6 Å². The van der Waals surface area contributed by atoms with Crippen LogP contribution in [-0.4, -0.2) is 55.8 Å². The molecule has 248 valence electrons. The van der Waals surface area contributed by atoms with E-state index in [4.69, 9.17) is 16.3 Å². The Bertz CT molecular complexity index is 1490. The molecule has 0 bridgehead atoms. The number of carbonyl (C=O) groups is 2. The monoisotopic (exact) mass is 647 g/mol. The molecule has 46 heavy (non-hydrogen) atoms. The third-order valence-electron chi connectivity index (χ3n) is 9.09. The van der Waals surface area contributed by atoms with E-state index in [0.717, 1.165) is 65.6 Å². The van der Waals surface area contributed by atoms with Crippen LogP contribution in [-0.2, 0) is 29.7 Å². The minimum atomic E-state index is -1.31. The summed E-state index contributed by atoms with van der Waals surface area (Å²) < 4.78 is 4.76. The first-order valence-electron chi connectivity index (χ1n) is 16.6. The number of methoxy groups -OCH3 is 1. The number of hydrogen-bond acceptors (Lipinski definition) is 5. The van der Waals surface area contributed by atoms with Crippen molar-refractivity contribution in [1.82, 2.24) is 15.5 Å². The number of nitrogens with one attached hydrogen (secondary N) is 2. The zero-order valence-corrected chi connectivity index (χ0v) is 28.8. The molecule has 0 radical (unpaired) electrons. The van der Waals surface area contributed by atoms with Crippen LogP contribution in [0.1, 0.15) is 79.1 Å². The van der Waals surface area contributed by atoms with Gasteiger partial charge in [0.2, 0.25) is 0 Å². The topological polar surface area (TPSA) is 90.9 Å². The fourth-order valence-corrected chi connectivity index (χ4v) is 7.09. The summed E-state index contributed by atoms with van der Waals surface area (Å²) in [5, 5.41) is 19.4. The van der Waals surface area contributed by atoms with Gasteiger partial charge in [-0.15, -0.1) is 0 Å². The number of aliphatic hydroxyl groups is 1. The summed E-state index contributed by atoms with van der Waals surface area (Å²) in [6, 6.07) is 20.2. The van der Waals surface area contributed by atoms with E-state index in [1.54, 1.807) is 0 Å². The second-order valence-electron chi connectivity index (χ2n) is 12.9. The van der Waals surface area contributed by atoms with Crippen molar-refractivity contribution in [3.63, 3.8) is 0 Å². The molecule has 0 spiro atoms. The lowest BCUT2D eigenvalue weighted by atomic mass is 9.72. The predicted molar refractivity (Wildman–Crippen MR) is 186 cm³/mol. The van der Waals surface area contributed by atoms with Crippen LogP contribution in [0.3, 0.4) is 0 Å². The minimum absolute atomic E-state index is 0.00744. The smallest absolute Gasteiger partial charge is 0.406 e. The van der Waals surface area contributed by atoms with Gasteiger partial charge in [0.1, 0.15) is 0 Å². The third kappa shape index (κ3) is 8.49. The fourth-order valence-electron chi connectivity index (χ4n) is 6.80. The van der Waals surface area contributed by atoms with Gasteiger partial charge in [-0.05, 0) is 91.4 Å². The third-order valence-corrected chi connectivity index (χ3v) is 9.40. The van der Waals surface area contributed by atoms with Crippen LogP contribution in [0, 0.1) is 11.8 Å². The van der Waals surface area contributed by atoms with Crippen molar-refractivity contribution in [1.29, 1.82) is 0 Å². The Morgan fingerprint density at radius 3 is 2.61 bits per heavy atom. The van der Waals surface area contributed by atoms with Crippen LogP contribution < -0.4 is 10.6 Å². The first-order chi connectivity index (χ1) is 22.1. The largest absolute Gasteiger partial charge is 0.453 e. The Balaban J connectivity index is 1.72. The van der Waals surface area contributed by atoms with Gasteiger partial charge in [-0.25, -0.2) is 4.79 Å². The molecule has 8 heteroatoms. The fraction of sp³-hybridized carbons (Fsp3) is 0.474. The molecule has 1 heterocycles. The zero-order valence-electron chi connectivity index (χ0n) is 28.0. The lowest BCUT2D eigenvalue weighted by Gasteiger charge is -2.44. The van der Waals surface area contributed by atoms with E-state index in [2.05, 4.69) is 49.6 Å². The average molecular weight is 648 g/mol. The van der Waals surface area contributed by atoms with Crippen LogP contribution in [0.25, 0.3) is 11.1 Å². The lowest BCUT2D eigenvalue weighted by Crippen LogP contribution is -2.48. The van der Waals surface area contributed by atoms with Crippen molar-refractivity contribution in [2.75, 3.05) is 33.8 Å². The van der Waals surface area contributed by atoms with Gasteiger partial charge in [-0.1, -0.05) is 80.9 Å². The quantitative estimate of drug-likeness (QED) is 0.169. The molecule has 2 amide bonds. The minimum Gasteiger partial charge on any atom is -0.453 e. The Morgan fingerprint density at radius 1 is 1.11 bits per heavy atom. The number of halogens is 1. The van der Waals surface area contributed by atoms with Crippen molar-refractivity contribution >= 4 is 23.6 Å². The average Bonchev–Trinajstić information content (AvgIpc) is 3.06. The molecule has 1 aliphatic rings. The molecule has 7 nitrogen and oxygen atoms in total. The van der Waals surface area contributed by atoms with Crippen molar-refractivity contribution in [2.45, 2.75) is 71.4 Å². The van der Waals surface area contributed by atoms with Gasteiger partial charge in [0.05, 0.1) is 12.7 Å². The van der Waals surface area contributed by atoms with Gasteiger partial charge in [0.25, 0.3) is 5.91 Å². The van der Waals surface area contributed by atoms with Gasteiger partial charge in [-0.2, -0.15) is 0 Å². The standard InChI is InChI=1S/C38H50ClN3O4/c1-6-27-11-7-12-29(22-27)35-33(14-8-15-34(35)39)38(45,18-10-19-41-37(44)46-5)31-13-9-20-42(25-31)36(43)32-17-16-28(24-40-4)23-30(32)21-26(2)3/h7-8,11-12,14-17,22-23,26,31,40,45H,6,9-10,13,18-21,24-25H2,1-5H3,(H,41,44)/t31-,38?/m1/s1. The lowest BCUT2D eigenvalue weighted by molar-refractivity contribution is -0.0563. The molecule has 1 saturated heterocycles. The predicted octanol–water partition coefficient (Wildman–Crippen LogP) is 7.36. The molecule has 3 aromatic carbocycles. The van der Waals surface area contributed by atoms with E-state index >= 15 is 0 Å². The number of alkyl carbamates (subject to hydrolysis) is 1. The molecule has 1 fully saturated rings. The number of piperidine rings is 1. The first-order valence-corrected chi connectivity index (χ1v) is 17.0. The van der Waals surface area contributed by atoms with E-state index in [1.165, 1.54) is 12.7 Å². The molecule has 2 atom stereocenters. The summed E-state index contributed by atoms with van der Waals surface area (Å²) in [6.45, 7) is 8.60. The van der Waals surface area contributed by atoms with E-state index in [-0.39, 0.29) is 11.8 Å². The number of carbonyl (C=O) groups excluding carboxylic acids is 2. The number of benzene rings is 3. The van der Waals surface area contributed by atoms with E-state index in [9.17, 15) is 14.7 Å². The second kappa shape index (κ2) is 16.4. The molecule has 3 aromatic rings. The summed E-state index contributed by atoms with van der Waals surface area (Å²) >= 11 is 6.93. The molecule has 0 saturated carbocycles. The summed E-state index contributed by atoms with van der Waals surface area (Å²) in [7, 11) is 3.26. The maximum atomic E-state index is 14.2. The van der Waals surface area contributed by atoms with Crippen molar-refractivity contribution in [3.05, 3.63) is 93.5 Å². The molecule has 1 unspecified atom stereocenters. The highest BCUT2D eigenvalue weighted by atomic mass is 35.5. The summed E-state index contributed by atoms with van der Waals surface area (Å²) in [5.74, 6) is 0.168. The zero-order chi connectivity index (χ0) is 33.3. The molecular formula is C38H50ClN3O4. The highest BCUT2D eigenvalue weighted by molar-refractivity contribution is 6.33. The highest BCUT2D eigenvalue weighted by Gasteiger charge is 2.43. The molecule has 4 rings (SSSR count). The maximum absolute atomic E-state index is 14.2. The summed E-state index contributed by atoms with van der Waals surface area (Å²) in [5.41, 5.74) is 5.34. The van der Waals surface area contributed by atoms with Crippen LogP contribution in [0.5, 0.6) is 0 Å². The van der Waals surface area contributed by atoms with Crippen LogP contribution in [0.2, 0.25) is 5.02 Å². The second-order valence-corrected chi connectivity index (χ2v) is 13.3. The molecular weight excluding hydrogens is 598 g/mol. The molecule has 0 aliphatic carbocycles. The number of likely N-dealkylation sites (tertiary alicyclic amines) is 1. The summed E-state index contributed by atoms with van der Waals surface area (Å²) in [6.07, 6.45) is 3.62.